The van der Waals surface area contributed by atoms with Gasteiger partial charge in [-0.3, -0.25) is 9.59 Å². The Morgan fingerprint density at radius 3 is 2.52 bits per heavy atom. The van der Waals surface area contributed by atoms with E-state index >= 15 is 0 Å². The minimum Gasteiger partial charge on any atom is -0.325 e. The number of rotatable bonds is 6. The second-order valence-electron chi connectivity index (χ2n) is 5.19. The summed E-state index contributed by atoms with van der Waals surface area (Å²) < 4.78 is 12.9. The number of carbonyl (C=O) groups is 2. The molecule has 0 radical (unpaired) electrons. The Hall–Kier alpha value is -2.14. The van der Waals surface area contributed by atoms with E-state index in [4.69, 9.17) is 0 Å². The van der Waals surface area contributed by atoms with Gasteiger partial charge in [0.05, 0.1) is 5.75 Å². The van der Waals surface area contributed by atoms with Crippen LogP contribution in [0.3, 0.4) is 0 Å². The molecule has 1 N–H and O–H groups in total. The molecule has 1 unspecified atom stereocenters. The van der Waals surface area contributed by atoms with Crippen LogP contribution in [-0.4, -0.2) is 17.4 Å². The van der Waals surface area contributed by atoms with E-state index in [9.17, 15) is 14.0 Å². The number of Topliss-reactive ketones (excluding diaryl/α,β-unsaturated/α-hetero) is 1. The topological polar surface area (TPSA) is 46.2 Å². The molecule has 0 aliphatic carbocycles. The highest BCUT2D eigenvalue weighted by Gasteiger charge is 2.10. The zero-order chi connectivity index (χ0) is 16.8. The smallest absolute Gasteiger partial charge is 0.234 e. The first-order valence-electron chi connectivity index (χ1n) is 7.23. The van der Waals surface area contributed by atoms with Gasteiger partial charge in [0, 0.05) is 16.5 Å². The maximum Gasteiger partial charge on any atom is 0.234 e. The van der Waals surface area contributed by atoms with Crippen LogP contribution < -0.4 is 5.32 Å². The number of amides is 1. The van der Waals surface area contributed by atoms with Crippen LogP contribution in [0, 0.1) is 5.82 Å². The molecule has 0 spiro atoms. The van der Waals surface area contributed by atoms with Crippen molar-refractivity contribution in [3.8, 4) is 0 Å². The second-order valence-corrected chi connectivity index (χ2v) is 6.52. The van der Waals surface area contributed by atoms with Crippen molar-refractivity contribution in [3.63, 3.8) is 0 Å². The van der Waals surface area contributed by atoms with E-state index < -0.39 is 0 Å². The molecule has 0 aromatic heterocycles. The number of hydrogen-bond acceptors (Lipinski definition) is 3. The fourth-order valence-electron chi connectivity index (χ4n) is 2.04. The fraction of sp³-hybridized carbons (Fsp3) is 0.222. The molecular weight excluding hydrogens is 313 g/mol. The predicted molar refractivity (Wildman–Crippen MR) is 92.3 cm³/mol. The monoisotopic (exact) mass is 331 g/mol. The summed E-state index contributed by atoms with van der Waals surface area (Å²) in [5, 5.41) is 2.87. The van der Waals surface area contributed by atoms with Crippen molar-refractivity contribution in [3.05, 3.63) is 65.5 Å². The average molecular weight is 331 g/mol. The first-order valence-corrected chi connectivity index (χ1v) is 8.28. The number of ketones is 1. The number of benzene rings is 2. The predicted octanol–water partition coefficient (Wildman–Crippen LogP) is 4.46. The van der Waals surface area contributed by atoms with Crippen LogP contribution in [0.5, 0.6) is 0 Å². The molecule has 3 nitrogen and oxygen atoms in total. The summed E-state index contributed by atoms with van der Waals surface area (Å²) in [6.07, 6.45) is 0. The average Bonchev–Trinajstić information content (AvgIpc) is 2.53. The lowest BCUT2D eigenvalue weighted by molar-refractivity contribution is -0.113. The van der Waals surface area contributed by atoms with E-state index in [1.807, 2.05) is 6.92 Å². The number of nitrogens with one attached hydrogen (secondary N) is 1. The van der Waals surface area contributed by atoms with Gasteiger partial charge in [0.15, 0.2) is 5.78 Å². The third-order valence-electron chi connectivity index (χ3n) is 3.36. The van der Waals surface area contributed by atoms with E-state index in [-0.39, 0.29) is 28.5 Å². The molecule has 0 aliphatic rings. The number of halogens is 1. The Kier molecular flexibility index (Phi) is 5.93. The maximum absolute atomic E-state index is 12.9. The zero-order valence-corrected chi connectivity index (χ0v) is 13.8. The number of anilines is 1. The van der Waals surface area contributed by atoms with Gasteiger partial charge in [-0.05, 0) is 43.7 Å². The largest absolute Gasteiger partial charge is 0.325 e. The van der Waals surface area contributed by atoms with Gasteiger partial charge in [-0.1, -0.05) is 24.3 Å². The highest BCUT2D eigenvalue weighted by atomic mass is 32.2. The summed E-state index contributed by atoms with van der Waals surface area (Å²) in [5.41, 5.74) is 2.15. The van der Waals surface area contributed by atoms with Crippen LogP contribution in [0.25, 0.3) is 0 Å². The van der Waals surface area contributed by atoms with Gasteiger partial charge < -0.3 is 5.32 Å². The maximum atomic E-state index is 12.9. The number of thioether (sulfide) groups is 1. The van der Waals surface area contributed by atoms with E-state index in [2.05, 4.69) is 5.32 Å². The van der Waals surface area contributed by atoms with Crippen molar-refractivity contribution in [2.24, 2.45) is 0 Å². The Morgan fingerprint density at radius 2 is 1.87 bits per heavy atom. The lowest BCUT2D eigenvalue weighted by atomic mass is 10.1. The van der Waals surface area contributed by atoms with Gasteiger partial charge >= 0.3 is 0 Å². The van der Waals surface area contributed by atoms with E-state index in [0.29, 0.717) is 11.3 Å². The summed E-state index contributed by atoms with van der Waals surface area (Å²) in [6, 6.07) is 13.1. The summed E-state index contributed by atoms with van der Waals surface area (Å²) in [6.45, 7) is 3.46. The molecule has 0 saturated carbocycles. The van der Waals surface area contributed by atoms with Crippen LogP contribution in [0.1, 0.15) is 35.0 Å². The molecule has 2 aromatic rings. The minimum absolute atomic E-state index is 0.0413. The number of hydrogen-bond donors (Lipinski definition) is 1. The standard InChI is InChI=1S/C18H18FNO2S/c1-12(21)15-4-3-5-17(10-15)20-18(22)11-23-13(2)14-6-8-16(19)9-7-14/h3-10,13H,11H2,1-2H3,(H,20,22). The van der Waals surface area contributed by atoms with Gasteiger partial charge in [0.2, 0.25) is 5.91 Å². The van der Waals surface area contributed by atoms with Gasteiger partial charge in [0.1, 0.15) is 5.82 Å². The Bertz CT molecular complexity index is 700. The zero-order valence-electron chi connectivity index (χ0n) is 13.0. The molecule has 23 heavy (non-hydrogen) atoms. The van der Waals surface area contributed by atoms with Crippen LogP contribution in [-0.2, 0) is 4.79 Å². The third kappa shape index (κ3) is 5.21. The van der Waals surface area contributed by atoms with Crippen molar-refractivity contribution >= 4 is 29.1 Å². The van der Waals surface area contributed by atoms with Crippen LogP contribution >= 0.6 is 11.8 Å². The van der Waals surface area contributed by atoms with E-state index in [1.54, 1.807) is 36.4 Å². The van der Waals surface area contributed by atoms with Gasteiger partial charge in [-0.15, -0.1) is 11.8 Å². The van der Waals surface area contributed by atoms with Crippen molar-refractivity contribution in [1.82, 2.24) is 0 Å². The molecule has 0 fully saturated rings. The fourth-order valence-corrected chi connectivity index (χ4v) is 2.87. The Labute approximate surface area is 139 Å². The van der Waals surface area contributed by atoms with Crippen LogP contribution in [0.4, 0.5) is 10.1 Å². The summed E-state index contributed by atoms with van der Waals surface area (Å²) >= 11 is 1.47. The highest BCUT2D eigenvalue weighted by Crippen LogP contribution is 2.28. The van der Waals surface area contributed by atoms with Gasteiger partial charge in [0.25, 0.3) is 0 Å². The van der Waals surface area contributed by atoms with Crippen LogP contribution in [0.15, 0.2) is 48.5 Å². The van der Waals surface area contributed by atoms with Gasteiger partial charge in [-0.2, -0.15) is 0 Å². The summed E-state index contributed by atoms with van der Waals surface area (Å²) in [7, 11) is 0. The van der Waals surface area contributed by atoms with Crippen molar-refractivity contribution in [2.75, 3.05) is 11.1 Å². The molecule has 120 valence electrons. The molecule has 1 amide bonds. The van der Waals surface area contributed by atoms with Crippen molar-refractivity contribution < 1.29 is 14.0 Å². The summed E-state index contributed by atoms with van der Waals surface area (Å²) in [5.74, 6) is -0.165. The lowest BCUT2D eigenvalue weighted by Crippen LogP contribution is -2.15. The normalized spacial score (nSPS) is 11.8. The summed E-state index contributed by atoms with van der Waals surface area (Å²) in [4.78, 5) is 23.3. The third-order valence-corrected chi connectivity index (χ3v) is 4.56. The molecule has 0 heterocycles. The molecule has 0 saturated heterocycles. The molecule has 2 aromatic carbocycles. The molecule has 1 atom stereocenters. The number of carbonyl (C=O) groups excluding carboxylic acids is 2. The lowest BCUT2D eigenvalue weighted by Gasteiger charge is -2.12. The molecule has 0 aliphatic heterocycles. The van der Waals surface area contributed by atoms with Crippen molar-refractivity contribution in [1.29, 1.82) is 0 Å². The molecular formula is C18H18FNO2S. The Morgan fingerprint density at radius 1 is 1.17 bits per heavy atom. The molecule has 0 bridgehead atoms. The molecule has 2 rings (SSSR count). The molecule has 5 heteroatoms. The van der Waals surface area contributed by atoms with E-state index in [0.717, 1.165) is 5.56 Å². The second kappa shape index (κ2) is 7.92. The SMILES string of the molecule is CC(=O)c1cccc(NC(=O)CSC(C)c2ccc(F)cc2)c1. The van der Waals surface area contributed by atoms with Gasteiger partial charge in [-0.25, -0.2) is 4.39 Å². The van der Waals surface area contributed by atoms with Crippen LogP contribution in [0.2, 0.25) is 0 Å². The first-order chi connectivity index (χ1) is 11.0. The van der Waals surface area contributed by atoms with Crippen molar-refractivity contribution in [2.45, 2.75) is 19.1 Å². The van der Waals surface area contributed by atoms with E-state index in [1.165, 1.54) is 30.8 Å². The quantitative estimate of drug-likeness (QED) is 0.795. The minimum atomic E-state index is -0.269. The Balaban J connectivity index is 1.88. The highest BCUT2D eigenvalue weighted by molar-refractivity contribution is 8.00. The first kappa shape index (κ1) is 17.2.